The Morgan fingerprint density at radius 3 is 2.53 bits per heavy atom. The number of nitrogens with two attached hydrogens (primary N) is 1. The Morgan fingerprint density at radius 2 is 1.89 bits per heavy atom. The molecule has 3 N–H and O–H groups in total. The number of aryl methyl sites for hydroxylation is 2. The number of rotatable bonds is 3. The third-order valence-corrected chi connectivity index (χ3v) is 2.88. The fraction of sp³-hybridized carbons (Fsp3) is 0.200. The zero-order valence-electron chi connectivity index (χ0n) is 11.0. The third kappa shape index (κ3) is 3.23. The summed E-state index contributed by atoms with van der Waals surface area (Å²) in [7, 11) is 0. The first kappa shape index (κ1) is 13.4. The minimum atomic E-state index is -1.13. The van der Waals surface area contributed by atoms with Crippen molar-refractivity contribution >= 4 is 5.69 Å². The van der Waals surface area contributed by atoms with Gasteiger partial charge in [-0.2, -0.15) is 0 Å². The fourth-order valence-electron chi connectivity index (χ4n) is 2.00. The normalized spacial score (nSPS) is 17.9. The minimum Gasteiger partial charge on any atom is -0.458 e. The monoisotopic (exact) mass is 260 g/mol. The molecule has 100 valence electrons. The Labute approximate surface area is 112 Å². The van der Waals surface area contributed by atoms with E-state index in [0.717, 1.165) is 16.8 Å². The maximum atomic E-state index is 13.4. The molecule has 1 aromatic carbocycles. The molecule has 0 aromatic heterocycles. The molecule has 0 amide bonds. The SMILES string of the molecule is Cc1cc(OC2=CC(F)C=CC=C2)cc(C)c1NN. The first-order valence-corrected chi connectivity index (χ1v) is 6.06. The average Bonchev–Trinajstić information content (AvgIpc) is 2.53. The van der Waals surface area contributed by atoms with Crippen molar-refractivity contribution in [1.82, 2.24) is 0 Å². The van der Waals surface area contributed by atoms with Gasteiger partial charge in [-0.15, -0.1) is 0 Å². The molecule has 1 unspecified atom stereocenters. The van der Waals surface area contributed by atoms with Crippen molar-refractivity contribution in [2.75, 3.05) is 5.43 Å². The first-order valence-electron chi connectivity index (χ1n) is 6.06. The highest BCUT2D eigenvalue weighted by Gasteiger charge is 2.08. The molecule has 0 heterocycles. The maximum absolute atomic E-state index is 13.4. The lowest BCUT2D eigenvalue weighted by atomic mass is 10.1. The second-order valence-electron chi connectivity index (χ2n) is 4.44. The van der Waals surface area contributed by atoms with Crippen LogP contribution in [0.15, 0.2) is 48.3 Å². The first-order chi connectivity index (χ1) is 9.10. The number of nitrogens with one attached hydrogen (secondary N) is 1. The third-order valence-electron chi connectivity index (χ3n) is 2.88. The molecule has 0 spiro atoms. The number of nitrogen functional groups attached to an aromatic ring is 1. The molecular formula is C15H17FN2O. The van der Waals surface area contributed by atoms with Crippen molar-refractivity contribution in [2.24, 2.45) is 5.84 Å². The van der Waals surface area contributed by atoms with Gasteiger partial charge in [-0.25, -0.2) is 4.39 Å². The Balaban J connectivity index is 2.25. The molecular weight excluding hydrogens is 243 g/mol. The van der Waals surface area contributed by atoms with Crippen molar-refractivity contribution < 1.29 is 9.13 Å². The Bertz CT molecular complexity index is 538. The van der Waals surface area contributed by atoms with Crippen LogP contribution < -0.4 is 16.0 Å². The van der Waals surface area contributed by atoms with Gasteiger partial charge in [0, 0.05) is 0 Å². The molecule has 0 radical (unpaired) electrons. The molecule has 1 aliphatic carbocycles. The van der Waals surface area contributed by atoms with E-state index >= 15 is 0 Å². The van der Waals surface area contributed by atoms with Gasteiger partial charge < -0.3 is 10.2 Å². The highest BCUT2D eigenvalue weighted by Crippen LogP contribution is 2.27. The zero-order chi connectivity index (χ0) is 13.8. The smallest absolute Gasteiger partial charge is 0.141 e. The molecule has 1 aromatic rings. The molecule has 19 heavy (non-hydrogen) atoms. The summed E-state index contributed by atoms with van der Waals surface area (Å²) in [5.74, 6) is 6.61. The minimum absolute atomic E-state index is 0.491. The second kappa shape index (κ2) is 5.71. The molecule has 0 saturated carbocycles. The topological polar surface area (TPSA) is 47.3 Å². The van der Waals surface area contributed by atoms with Crippen LogP contribution in [0.3, 0.4) is 0 Å². The van der Waals surface area contributed by atoms with Gasteiger partial charge in [-0.1, -0.05) is 12.2 Å². The van der Waals surface area contributed by atoms with Crippen LogP contribution in [0.1, 0.15) is 11.1 Å². The number of anilines is 1. The zero-order valence-corrected chi connectivity index (χ0v) is 11.0. The molecule has 2 rings (SSSR count). The summed E-state index contributed by atoms with van der Waals surface area (Å²) in [6, 6.07) is 3.73. The predicted octanol–water partition coefficient (Wildman–Crippen LogP) is 3.32. The Kier molecular flexibility index (Phi) is 4.02. The number of hydrogen-bond acceptors (Lipinski definition) is 3. The number of allylic oxidation sites excluding steroid dienone is 5. The Hall–Kier alpha value is -2.07. The predicted molar refractivity (Wildman–Crippen MR) is 75.6 cm³/mol. The molecule has 0 saturated heterocycles. The second-order valence-corrected chi connectivity index (χ2v) is 4.44. The molecule has 1 atom stereocenters. The van der Waals surface area contributed by atoms with E-state index in [1.165, 1.54) is 12.2 Å². The van der Waals surface area contributed by atoms with Gasteiger partial charge in [0.05, 0.1) is 5.69 Å². The van der Waals surface area contributed by atoms with Gasteiger partial charge in [0.25, 0.3) is 0 Å². The van der Waals surface area contributed by atoms with Crippen LogP contribution in [-0.2, 0) is 0 Å². The van der Waals surface area contributed by atoms with E-state index in [0.29, 0.717) is 11.5 Å². The summed E-state index contributed by atoms with van der Waals surface area (Å²) in [5.41, 5.74) is 5.49. The number of hydrazine groups is 1. The van der Waals surface area contributed by atoms with Crippen molar-refractivity contribution in [3.8, 4) is 5.75 Å². The van der Waals surface area contributed by atoms with Gasteiger partial charge in [0.2, 0.25) is 0 Å². The number of alkyl halides is 1. The summed E-state index contributed by atoms with van der Waals surface area (Å²) in [4.78, 5) is 0. The van der Waals surface area contributed by atoms with E-state index in [2.05, 4.69) is 5.43 Å². The number of benzene rings is 1. The molecule has 0 bridgehead atoms. The molecule has 0 aliphatic heterocycles. The molecule has 3 nitrogen and oxygen atoms in total. The lowest BCUT2D eigenvalue weighted by Crippen LogP contribution is -2.10. The van der Waals surface area contributed by atoms with Crippen LogP contribution in [0.4, 0.5) is 10.1 Å². The van der Waals surface area contributed by atoms with E-state index in [1.807, 2.05) is 26.0 Å². The average molecular weight is 260 g/mol. The van der Waals surface area contributed by atoms with Crippen LogP contribution in [0.25, 0.3) is 0 Å². The quantitative estimate of drug-likeness (QED) is 0.647. The standard InChI is InChI=1S/C15H17FN2O/c1-10-7-14(8-11(2)15(10)18-17)19-13-6-4-3-5-12(16)9-13/h3-9,12,18H,17H2,1-2H3. The van der Waals surface area contributed by atoms with E-state index in [1.54, 1.807) is 18.2 Å². The summed E-state index contributed by atoms with van der Waals surface area (Å²) in [6.07, 6.45) is 6.91. The van der Waals surface area contributed by atoms with Gasteiger partial charge in [-0.05, 0) is 55.3 Å². The van der Waals surface area contributed by atoms with Crippen LogP contribution >= 0.6 is 0 Å². The summed E-state index contributed by atoms with van der Waals surface area (Å²) < 4.78 is 19.1. The fourth-order valence-corrected chi connectivity index (χ4v) is 2.00. The van der Waals surface area contributed by atoms with E-state index in [-0.39, 0.29) is 0 Å². The van der Waals surface area contributed by atoms with Gasteiger partial charge >= 0.3 is 0 Å². The van der Waals surface area contributed by atoms with Crippen LogP contribution in [0.5, 0.6) is 5.75 Å². The molecule has 1 aliphatic rings. The lowest BCUT2D eigenvalue weighted by molar-refractivity contribution is 0.417. The van der Waals surface area contributed by atoms with Crippen LogP contribution in [-0.4, -0.2) is 6.17 Å². The van der Waals surface area contributed by atoms with Crippen molar-refractivity contribution in [3.63, 3.8) is 0 Å². The van der Waals surface area contributed by atoms with E-state index in [4.69, 9.17) is 10.6 Å². The van der Waals surface area contributed by atoms with E-state index in [9.17, 15) is 4.39 Å². The van der Waals surface area contributed by atoms with Crippen molar-refractivity contribution in [2.45, 2.75) is 20.0 Å². The van der Waals surface area contributed by atoms with Crippen LogP contribution in [0.2, 0.25) is 0 Å². The summed E-state index contributed by atoms with van der Waals surface area (Å²) >= 11 is 0. The summed E-state index contributed by atoms with van der Waals surface area (Å²) in [6.45, 7) is 3.87. The number of ether oxygens (including phenoxy) is 1. The van der Waals surface area contributed by atoms with Crippen LogP contribution in [0, 0.1) is 13.8 Å². The number of halogens is 1. The lowest BCUT2D eigenvalue weighted by Gasteiger charge is -2.13. The van der Waals surface area contributed by atoms with Gasteiger partial charge in [-0.3, -0.25) is 5.84 Å². The Morgan fingerprint density at radius 1 is 1.21 bits per heavy atom. The summed E-state index contributed by atoms with van der Waals surface area (Å²) in [5, 5.41) is 0. The van der Waals surface area contributed by atoms with E-state index < -0.39 is 6.17 Å². The highest BCUT2D eigenvalue weighted by atomic mass is 19.1. The van der Waals surface area contributed by atoms with Gasteiger partial charge in [0.1, 0.15) is 17.7 Å². The van der Waals surface area contributed by atoms with Crippen molar-refractivity contribution in [1.29, 1.82) is 0 Å². The van der Waals surface area contributed by atoms with Gasteiger partial charge in [0.15, 0.2) is 0 Å². The number of hydrogen-bond donors (Lipinski definition) is 2. The highest BCUT2D eigenvalue weighted by molar-refractivity contribution is 5.59. The van der Waals surface area contributed by atoms with Crippen molar-refractivity contribution in [3.05, 3.63) is 59.4 Å². The maximum Gasteiger partial charge on any atom is 0.141 e. The molecule has 0 fully saturated rings. The largest absolute Gasteiger partial charge is 0.458 e. The molecule has 4 heteroatoms.